The second-order valence-electron chi connectivity index (χ2n) is 6.11. The van der Waals surface area contributed by atoms with Gasteiger partial charge in [0.1, 0.15) is 4.88 Å². The Bertz CT molecular complexity index is 484. The van der Waals surface area contributed by atoms with Gasteiger partial charge in [0.05, 0.1) is 5.69 Å². The molecular formula is C15H24N2O2S. The van der Waals surface area contributed by atoms with Gasteiger partial charge in [0.2, 0.25) is 0 Å². The lowest BCUT2D eigenvalue weighted by atomic mass is 9.85. The van der Waals surface area contributed by atoms with Crippen LogP contribution in [-0.2, 0) is 0 Å². The molecule has 2 unspecified atom stereocenters. The van der Waals surface area contributed by atoms with Crippen molar-refractivity contribution in [1.29, 1.82) is 0 Å². The van der Waals surface area contributed by atoms with E-state index in [1.807, 2.05) is 13.8 Å². The van der Waals surface area contributed by atoms with Gasteiger partial charge in [-0.15, -0.1) is 0 Å². The van der Waals surface area contributed by atoms with Gasteiger partial charge in [0, 0.05) is 13.1 Å². The highest BCUT2D eigenvalue weighted by atomic mass is 32.1. The van der Waals surface area contributed by atoms with Crippen molar-refractivity contribution >= 4 is 22.4 Å². The third kappa shape index (κ3) is 2.97. The van der Waals surface area contributed by atoms with Gasteiger partial charge >= 0.3 is 5.97 Å². The van der Waals surface area contributed by atoms with Gasteiger partial charge < -0.3 is 10.0 Å². The lowest BCUT2D eigenvalue weighted by molar-refractivity contribution is 0.0700. The maximum Gasteiger partial charge on any atom is 0.347 e. The van der Waals surface area contributed by atoms with Gasteiger partial charge in [-0.2, -0.15) is 0 Å². The molecule has 0 amide bonds. The van der Waals surface area contributed by atoms with E-state index in [2.05, 4.69) is 23.9 Å². The van der Waals surface area contributed by atoms with Crippen molar-refractivity contribution in [2.75, 3.05) is 11.9 Å². The van der Waals surface area contributed by atoms with Crippen molar-refractivity contribution in [1.82, 2.24) is 4.98 Å². The second kappa shape index (κ2) is 6.12. The number of aromatic carboxylic acids is 1. The molecule has 5 heteroatoms. The van der Waals surface area contributed by atoms with E-state index in [0.29, 0.717) is 22.5 Å². The molecule has 1 aromatic heterocycles. The molecule has 1 aliphatic rings. The number of aromatic nitrogens is 1. The van der Waals surface area contributed by atoms with Crippen molar-refractivity contribution in [3.63, 3.8) is 0 Å². The molecule has 2 rings (SSSR count). The highest BCUT2D eigenvalue weighted by Crippen LogP contribution is 2.35. The molecule has 2 atom stereocenters. The molecule has 0 radical (unpaired) electrons. The van der Waals surface area contributed by atoms with E-state index in [-0.39, 0.29) is 5.92 Å². The molecule has 1 heterocycles. The van der Waals surface area contributed by atoms with Crippen LogP contribution in [0.2, 0.25) is 0 Å². The molecule has 1 fully saturated rings. The Morgan fingerprint density at radius 3 is 2.55 bits per heavy atom. The van der Waals surface area contributed by atoms with Crippen molar-refractivity contribution in [3.05, 3.63) is 10.6 Å². The van der Waals surface area contributed by atoms with Crippen LogP contribution in [0.5, 0.6) is 0 Å². The summed E-state index contributed by atoms with van der Waals surface area (Å²) in [4.78, 5) is 18.6. The first-order valence-electron chi connectivity index (χ1n) is 7.38. The highest BCUT2D eigenvalue weighted by molar-refractivity contribution is 7.17. The number of hydrogen-bond donors (Lipinski definition) is 1. The summed E-state index contributed by atoms with van der Waals surface area (Å²) in [6.45, 7) is 6.28. The average Bonchev–Trinajstić information content (AvgIpc) is 2.84. The zero-order valence-corrected chi connectivity index (χ0v) is 13.5. The van der Waals surface area contributed by atoms with Gasteiger partial charge in [0.25, 0.3) is 0 Å². The van der Waals surface area contributed by atoms with Crippen LogP contribution in [-0.4, -0.2) is 29.1 Å². The first-order valence-corrected chi connectivity index (χ1v) is 8.20. The van der Waals surface area contributed by atoms with Crippen molar-refractivity contribution in [3.8, 4) is 0 Å². The summed E-state index contributed by atoms with van der Waals surface area (Å²) in [6, 6.07) is 0.483. The Kier molecular flexibility index (Phi) is 4.68. The molecular weight excluding hydrogens is 272 g/mol. The van der Waals surface area contributed by atoms with E-state index in [1.54, 1.807) is 0 Å². The quantitative estimate of drug-likeness (QED) is 0.913. The highest BCUT2D eigenvalue weighted by Gasteiger charge is 2.28. The zero-order chi connectivity index (χ0) is 14.9. The molecule has 20 heavy (non-hydrogen) atoms. The van der Waals surface area contributed by atoms with Crippen LogP contribution in [0, 0.1) is 5.92 Å². The fourth-order valence-corrected chi connectivity index (χ4v) is 4.11. The standard InChI is InChI=1S/C15H24N2O2S/c1-9(2)12-13(14(18)19)20-15(16-12)17(4)11-8-6-5-7-10(11)3/h9-11H,5-8H2,1-4H3,(H,18,19). The number of rotatable bonds is 4. The smallest absolute Gasteiger partial charge is 0.347 e. The summed E-state index contributed by atoms with van der Waals surface area (Å²) < 4.78 is 0. The topological polar surface area (TPSA) is 53.4 Å². The maximum absolute atomic E-state index is 11.4. The Morgan fingerprint density at radius 2 is 2.05 bits per heavy atom. The Labute approximate surface area is 124 Å². The Balaban J connectivity index is 2.27. The largest absolute Gasteiger partial charge is 0.477 e. The molecule has 1 N–H and O–H groups in total. The molecule has 0 spiro atoms. The van der Waals surface area contributed by atoms with Crippen LogP contribution in [0.3, 0.4) is 0 Å². The Hall–Kier alpha value is -1.10. The predicted molar refractivity (Wildman–Crippen MR) is 83.0 cm³/mol. The lowest BCUT2D eigenvalue weighted by Gasteiger charge is -2.36. The fraction of sp³-hybridized carbons (Fsp3) is 0.733. The van der Waals surface area contributed by atoms with Crippen LogP contribution in [0.1, 0.15) is 67.7 Å². The molecule has 0 saturated heterocycles. The van der Waals surface area contributed by atoms with Gasteiger partial charge in [-0.1, -0.05) is 44.9 Å². The van der Waals surface area contributed by atoms with Crippen molar-refractivity contribution < 1.29 is 9.90 Å². The molecule has 1 aromatic rings. The van der Waals surface area contributed by atoms with Crippen molar-refractivity contribution in [2.45, 2.75) is 58.4 Å². The minimum absolute atomic E-state index is 0.142. The SMILES string of the molecule is CC(C)c1nc(N(C)C2CCCCC2C)sc1C(=O)O. The summed E-state index contributed by atoms with van der Waals surface area (Å²) in [5.41, 5.74) is 0.716. The van der Waals surface area contributed by atoms with Crippen LogP contribution < -0.4 is 4.90 Å². The monoisotopic (exact) mass is 296 g/mol. The number of thiazole rings is 1. The third-order valence-electron chi connectivity index (χ3n) is 4.25. The predicted octanol–water partition coefficient (Wildman–Crippen LogP) is 3.98. The molecule has 0 aromatic carbocycles. The van der Waals surface area contributed by atoms with Gasteiger partial charge in [-0.3, -0.25) is 0 Å². The zero-order valence-electron chi connectivity index (χ0n) is 12.7. The number of nitrogens with zero attached hydrogens (tertiary/aromatic N) is 2. The van der Waals surface area contributed by atoms with E-state index in [1.165, 1.54) is 37.0 Å². The van der Waals surface area contributed by atoms with Gasteiger partial charge in [-0.05, 0) is 24.7 Å². The van der Waals surface area contributed by atoms with Crippen LogP contribution in [0.4, 0.5) is 5.13 Å². The van der Waals surface area contributed by atoms with E-state index in [9.17, 15) is 9.90 Å². The van der Waals surface area contributed by atoms with E-state index < -0.39 is 5.97 Å². The molecule has 1 saturated carbocycles. The minimum Gasteiger partial charge on any atom is -0.477 e. The summed E-state index contributed by atoms with van der Waals surface area (Å²) in [6.07, 6.45) is 4.99. The number of carbonyl (C=O) groups is 1. The van der Waals surface area contributed by atoms with Crippen LogP contribution >= 0.6 is 11.3 Å². The van der Waals surface area contributed by atoms with Crippen LogP contribution in [0.25, 0.3) is 0 Å². The first kappa shape index (κ1) is 15.3. The molecule has 0 bridgehead atoms. The first-order chi connectivity index (χ1) is 9.41. The molecule has 0 aliphatic heterocycles. The maximum atomic E-state index is 11.4. The third-order valence-corrected chi connectivity index (χ3v) is 5.40. The lowest BCUT2D eigenvalue weighted by Crippen LogP contribution is -2.38. The number of carboxylic acid groups (broad SMARTS) is 1. The molecule has 4 nitrogen and oxygen atoms in total. The van der Waals surface area contributed by atoms with E-state index in [0.717, 1.165) is 5.13 Å². The summed E-state index contributed by atoms with van der Waals surface area (Å²) >= 11 is 1.31. The minimum atomic E-state index is -0.859. The van der Waals surface area contributed by atoms with E-state index >= 15 is 0 Å². The number of carboxylic acids is 1. The molecule has 112 valence electrons. The molecule has 1 aliphatic carbocycles. The van der Waals surface area contributed by atoms with Crippen molar-refractivity contribution in [2.24, 2.45) is 5.92 Å². The van der Waals surface area contributed by atoms with Crippen LogP contribution in [0.15, 0.2) is 0 Å². The normalized spacial score (nSPS) is 23.1. The summed E-state index contributed by atoms with van der Waals surface area (Å²) in [5, 5.41) is 10.2. The van der Waals surface area contributed by atoms with Gasteiger partial charge in [-0.25, -0.2) is 9.78 Å². The Morgan fingerprint density at radius 1 is 1.40 bits per heavy atom. The number of hydrogen-bond acceptors (Lipinski definition) is 4. The number of anilines is 1. The van der Waals surface area contributed by atoms with Gasteiger partial charge in [0.15, 0.2) is 5.13 Å². The fourth-order valence-electron chi connectivity index (χ4n) is 3.03. The summed E-state index contributed by atoms with van der Waals surface area (Å²) in [7, 11) is 2.06. The average molecular weight is 296 g/mol. The van der Waals surface area contributed by atoms with E-state index in [4.69, 9.17) is 0 Å². The summed E-state index contributed by atoms with van der Waals surface area (Å²) in [5.74, 6) is -0.0701. The second-order valence-corrected chi connectivity index (χ2v) is 7.09.